The van der Waals surface area contributed by atoms with Gasteiger partial charge in [-0.25, -0.2) is 0 Å². The molecule has 0 saturated carbocycles. The lowest BCUT2D eigenvalue weighted by Gasteiger charge is -2.36. The van der Waals surface area contributed by atoms with Crippen LogP contribution in [0.1, 0.15) is 45.6 Å². The van der Waals surface area contributed by atoms with Crippen LogP contribution in [0.4, 0.5) is 5.69 Å². The highest BCUT2D eigenvalue weighted by atomic mass is 28.4. The maximum atomic E-state index is 10.7. The van der Waals surface area contributed by atoms with E-state index in [2.05, 4.69) is 39.9 Å². The van der Waals surface area contributed by atoms with Crippen LogP contribution in [0.15, 0.2) is 30.3 Å². The molecular formula is C18H29NO3Si. The van der Waals surface area contributed by atoms with Crippen molar-refractivity contribution in [2.45, 2.75) is 58.2 Å². The summed E-state index contributed by atoms with van der Waals surface area (Å²) in [6, 6.07) is 6.70. The van der Waals surface area contributed by atoms with Gasteiger partial charge in [-0.3, -0.25) is 10.1 Å². The number of allylic oxidation sites excluding steroid dienone is 1. The molecule has 0 aliphatic rings. The number of nitro groups is 1. The summed E-state index contributed by atoms with van der Waals surface area (Å²) in [5, 5.41) is 11.0. The Morgan fingerprint density at radius 3 is 2.57 bits per heavy atom. The average Bonchev–Trinajstić information content (AvgIpc) is 2.45. The zero-order chi connectivity index (χ0) is 17.5. The molecule has 5 heteroatoms. The van der Waals surface area contributed by atoms with Crippen LogP contribution in [0.25, 0.3) is 6.08 Å². The molecular weight excluding hydrogens is 306 g/mol. The Labute approximate surface area is 140 Å². The van der Waals surface area contributed by atoms with Crippen LogP contribution in [-0.4, -0.2) is 19.8 Å². The smallest absolute Gasteiger partial charge is 0.270 e. The van der Waals surface area contributed by atoms with Crippen LogP contribution in [0.3, 0.4) is 0 Å². The first-order valence-corrected chi connectivity index (χ1v) is 11.1. The highest BCUT2D eigenvalue weighted by molar-refractivity contribution is 6.74. The summed E-state index contributed by atoms with van der Waals surface area (Å²) in [6.45, 7) is 12.1. The van der Waals surface area contributed by atoms with Crippen molar-refractivity contribution in [3.63, 3.8) is 0 Å². The molecule has 1 aromatic carbocycles. The quantitative estimate of drug-likeness (QED) is 0.261. The molecule has 0 aromatic heterocycles. The molecule has 0 saturated heterocycles. The van der Waals surface area contributed by atoms with Gasteiger partial charge in [0.1, 0.15) is 0 Å². The van der Waals surface area contributed by atoms with E-state index in [-0.39, 0.29) is 15.6 Å². The summed E-state index contributed by atoms with van der Waals surface area (Å²) < 4.78 is 6.14. The molecule has 23 heavy (non-hydrogen) atoms. The third-order valence-corrected chi connectivity index (χ3v) is 8.96. The van der Waals surface area contributed by atoms with E-state index in [0.29, 0.717) is 0 Å². The molecule has 0 fully saturated rings. The molecule has 1 aromatic rings. The van der Waals surface area contributed by atoms with Crippen molar-refractivity contribution in [1.29, 1.82) is 0 Å². The van der Waals surface area contributed by atoms with Crippen molar-refractivity contribution in [3.8, 4) is 0 Å². The molecule has 0 N–H and O–H groups in total. The van der Waals surface area contributed by atoms with Crippen LogP contribution in [0.5, 0.6) is 0 Å². The van der Waals surface area contributed by atoms with Gasteiger partial charge in [0, 0.05) is 18.7 Å². The third-order valence-electron chi connectivity index (χ3n) is 4.43. The van der Waals surface area contributed by atoms with Gasteiger partial charge in [0.25, 0.3) is 5.69 Å². The zero-order valence-corrected chi connectivity index (χ0v) is 16.0. The van der Waals surface area contributed by atoms with E-state index in [0.717, 1.165) is 31.4 Å². The van der Waals surface area contributed by atoms with Gasteiger partial charge in [0.2, 0.25) is 0 Å². The summed E-state index contributed by atoms with van der Waals surface area (Å²) in [7, 11) is -1.62. The van der Waals surface area contributed by atoms with Crippen molar-refractivity contribution in [1.82, 2.24) is 0 Å². The fraction of sp³-hybridized carbons (Fsp3) is 0.556. The van der Waals surface area contributed by atoms with Gasteiger partial charge in [-0.15, -0.1) is 0 Å². The minimum atomic E-state index is -1.62. The highest BCUT2D eigenvalue weighted by Crippen LogP contribution is 2.36. The number of hydrogen-bond acceptors (Lipinski definition) is 3. The van der Waals surface area contributed by atoms with Crippen molar-refractivity contribution in [2.75, 3.05) is 6.61 Å². The standard InChI is InChI=1S/C18H29NO3Si/c1-18(2,3)23(4,5)22-14-9-7-6-8-11-16-12-10-13-17(15-16)19(20)21/h8,10-13,15H,6-7,9,14H2,1-5H3/b11-8-. The van der Waals surface area contributed by atoms with E-state index in [1.54, 1.807) is 12.1 Å². The number of hydrogen-bond donors (Lipinski definition) is 0. The fourth-order valence-corrected chi connectivity index (χ4v) is 2.96. The van der Waals surface area contributed by atoms with Gasteiger partial charge >= 0.3 is 0 Å². The molecule has 128 valence electrons. The van der Waals surface area contributed by atoms with Gasteiger partial charge in [-0.2, -0.15) is 0 Å². The highest BCUT2D eigenvalue weighted by Gasteiger charge is 2.36. The summed E-state index contributed by atoms with van der Waals surface area (Å²) in [5.41, 5.74) is 1.01. The largest absolute Gasteiger partial charge is 0.417 e. The number of nitrogens with zero attached hydrogens (tertiary/aromatic N) is 1. The Kier molecular flexibility index (Phi) is 7.16. The second kappa shape index (κ2) is 8.41. The fourth-order valence-electron chi connectivity index (χ4n) is 1.87. The number of unbranched alkanes of at least 4 members (excludes halogenated alkanes) is 2. The molecule has 0 unspecified atom stereocenters. The first-order valence-electron chi connectivity index (χ1n) is 8.18. The van der Waals surface area contributed by atoms with E-state index in [1.807, 2.05) is 12.1 Å². The van der Waals surface area contributed by atoms with E-state index in [1.165, 1.54) is 6.07 Å². The van der Waals surface area contributed by atoms with Gasteiger partial charge < -0.3 is 4.43 Å². The molecule has 4 nitrogen and oxygen atoms in total. The monoisotopic (exact) mass is 335 g/mol. The van der Waals surface area contributed by atoms with Gasteiger partial charge in [-0.05, 0) is 43.0 Å². The van der Waals surface area contributed by atoms with Gasteiger partial charge in [0.05, 0.1) is 4.92 Å². The maximum Gasteiger partial charge on any atom is 0.270 e. The van der Waals surface area contributed by atoms with Gasteiger partial charge in [0.15, 0.2) is 8.32 Å². The maximum absolute atomic E-state index is 10.7. The second-order valence-corrected chi connectivity index (χ2v) is 12.2. The van der Waals surface area contributed by atoms with Crippen molar-refractivity contribution >= 4 is 20.1 Å². The summed E-state index contributed by atoms with van der Waals surface area (Å²) >= 11 is 0. The number of rotatable bonds is 8. The molecule has 0 aliphatic heterocycles. The van der Waals surface area contributed by atoms with Crippen LogP contribution >= 0.6 is 0 Å². The van der Waals surface area contributed by atoms with Crippen molar-refractivity contribution in [2.24, 2.45) is 0 Å². The molecule has 0 spiro atoms. The minimum Gasteiger partial charge on any atom is -0.417 e. The lowest BCUT2D eigenvalue weighted by molar-refractivity contribution is -0.384. The van der Waals surface area contributed by atoms with Crippen LogP contribution < -0.4 is 0 Å². The number of non-ortho nitro benzene ring substituents is 1. The summed E-state index contributed by atoms with van der Waals surface area (Å²) in [5.74, 6) is 0. The zero-order valence-electron chi connectivity index (χ0n) is 15.0. The van der Waals surface area contributed by atoms with E-state index < -0.39 is 8.32 Å². The van der Waals surface area contributed by atoms with Crippen LogP contribution in [-0.2, 0) is 4.43 Å². The van der Waals surface area contributed by atoms with E-state index in [9.17, 15) is 10.1 Å². The molecule has 0 aliphatic carbocycles. The Morgan fingerprint density at radius 2 is 1.96 bits per heavy atom. The van der Waals surface area contributed by atoms with E-state index >= 15 is 0 Å². The SMILES string of the molecule is CC(C)(C)[Si](C)(C)OCCCC/C=C\c1cccc([N+](=O)[O-])c1. The normalized spacial score (nSPS) is 12.7. The van der Waals surface area contributed by atoms with Crippen LogP contribution in [0, 0.1) is 10.1 Å². The first-order chi connectivity index (χ1) is 10.6. The minimum absolute atomic E-state index is 0.134. The Hall–Kier alpha value is -1.46. The Balaban J connectivity index is 2.30. The molecule has 0 amide bonds. The third kappa shape index (κ3) is 6.67. The molecule has 0 heterocycles. The second-order valence-electron chi connectivity index (χ2n) is 7.36. The molecule has 1 rings (SSSR count). The summed E-state index contributed by atoms with van der Waals surface area (Å²) in [4.78, 5) is 10.4. The molecule has 0 radical (unpaired) electrons. The Morgan fingerprint density at radius 1 is 1.26 bits per heavy atom. The molecule has 0 bridgehead atoms. The number of nitro benzene ring substituents is 1. The predicted molar refractivity (Wildman–Crippen MR) is 99.1 cm³/mol. The van der Waals surface area contributed by atoms with Gasteiger partial charge in [-0.1, -0.05) is 45.1 Å². The van der Waals surface area contributed by atoms with Crippen molar-refractivity contribution in [3.05, 3.63) is 46.0 Å². The lowest BCUT2D eigenvalue weighted by atomic mass is 10.1. The number of benzene rings is 1. The van der Waals surface area contributed by atoms with Crippen LogP contribution in [0.2, 0.25) is 18.1 Å². The first kappa shape index (κ1) is 19.6. The summed E-state index contributed by atoms with van der Waals surface area (Å²) in [6.07, 6.45) is 7.10. The molecule has 0 atom stereocenters. The predicted octanol–water partition coefficient (Wildman–Crippen LogP) is 5.80. The average molecular weight is 336 g/mol. The van der Waals surface area contributed by atoms with Crippen molar-refractivity contribution < 1.29 is 9.35 Å². The van der Waals surface area contributed by atoms with E-state index in [4.69, 9.17) is 4.43 Å². The topological polar surface area (TPSA) is 52.4 Å². The Bertz CT molecular complexity index is 547. The lowest BCUT2D eigenvalue weighted by Crippen LogP contribution is -2.40.